The number of hydrogen-bond donors (Lipinski definition) is 2. The number of H-pyrrole nitrogens is 1. The summed E-state index contributed by atoms with van der Waals surface area (Å²) in [5.41, 5.74) is 2.51. The van der Waals surface area contributed by atoms with Gasteiger partial charge in [-0.05, 0) is 28.1 Å². The van der Waals surface area contributed by atoms with Gasteiger partial charge in [-0.1, -0.05) is 12.1 Å². The number of aromatic amines is 1. The topological polar surface area (TPSA) is 31.1 Å². The second-order valence-electron chi connectivity index (χ2n) is 4.52. The van der Waals surface area contributed by atoms with E-state index in [1.165, 1.54) is 16.6 Å². The molecule has 0 bridgehead atoms. The number of hydrogen-bond acceptors (Lipinski definition) is 2. The molecule has 4 heteroatoms. The number of aromatic nitrogens is 1. The highest BCUT2D eigenvalue weighted by molar-refractivity contribution is 9.10. The molecule has 1 saturated heterocycles. The fraction of sp³-hybridized carbons (Fsp3) is 0.385. The largest absolute Gasteiger partial charge is 0.356 e. The number of nitrogens with zero attached hydrogens (tertiary/aromatic N) is 1. The van der Waals surface area contributed by atoms with E-state index in [1.54, 1.807) is 0 Å². The Kier molecular flexibility index (Phi) is 3.18. The van der Waals surface area contributed by atoms with Crippen molar-refractivity contribution in [2.75, 3.05) is 26.2 Å². The SMILES string of the molecule is Brc1cccc2cc(CN3CCNCC3)[nH]c12. The Morgan fingerprint density at radius 3 is 2.82 bits per heavy atom. The van der Waals surface area contributed by atoms with Gasteiger partial charge in [-0.25, -0.2) is 0 Å². The summed E-state index contributed by atoms with van der Waals surface area (Å²) in [5.74, 6) is 0. The van der Waals surface area contributed by atoms with Gasteiger partial charge in [-0.3, -0.25) is 4.90 Å². The molecule has 2 heterocycles. The van der Waals surface area contributed by atoms with Crippen LogP contribution in [0.5, 0.6) is 0 Å². The van der Waals surface area contributed by atoms with Crippen LogP contribution in [0.2, 0.25) is 0 Å². The van der Waals surface area contributed by atoms with Gasteiger partial charge < -0.3 is 10.3 Å². The zero-order valence-electron chi connectivity index (χ0n) is 9.67. The van der Waals surface area contributed by atoms with E-state index in [-0.39, 0.29) is 0 Å². The fourth-order valence-corrected chi connectivity index (χ4v) is 2.85. The number of nitrogens with one attached hydrogen (secondary N) is 2. The van der Waals surface area contributed by atoms with Crippen LogP contribution in [0.4, 0.5) is 0 Å². The fourth-order valence-electron chi connectivity index (χ4n) is 2.37. The third-order valence-electron chi connectivity index (χ3n) is 3.26. The molecule has 0 amide bonds. The molecular weight excluding hydrogens is 278 g/mol. The van der Waals surface area contributed by atoms with Crippen LogP contribution < -0.4 is 5.32 Å². The third kappa shape index (κ3) is 2.39. The van der Waals surface area contributed by atoms with Crippen molar-refractivity contribution in [2.45, 2.75) is 6.54 Å². The van der Waals surface area contributed by atoms with E-state index in [2.05, 4.69) is 55.4 Å². The molecule has 1 aromatic carbocycles. The molecule has 3 rings (SSSR count). The molecule has 1 fully saturated rings. The van der Waals surface area contributed by atoms with E-state index >= 15 is 0 Å². The smallest absolute Gasteiger partial charge is 0.0600 e. The number of fused-ring (bicyclic) bond motifs is 1. The predicted octanol–water partition coefficient (Wildman–Crippen LogP) is 2.34. The van der Waals surface area contributed by atoms with Gasteiger partial charge >= 0.3 is 0 Å². The van der Waals surface area contributed by atoms with Gasteiger partial charge in [0.25, 0.3) is 0 Å². The van der Waals surface area contributed by atoms with Crippen molar-refractivity contribution in [1.82, 2.24) is 15.2 Å². The molecule has 0 unspecified atom stereocenters. The number of halogens is 1. The number of rotatable bonds is 2. The minimum Gasteiger partial charge on any atom is -0.356 e. The average molecular weight is 294 g/mol. The summed E-state index contributed by atoms with van der Waals surface area (Å²) in [6.07, 6.45) is 0. The van der Waals surface area contributed by atoms with Crippen molar-refractivity contribution in [3.63, 3.8) is 0 Å². The van der Waals surface area contributed by atoms with Crippen LogP contribution in [-0.2, 0) is 6.54 Å². The predicted molar refractivity (Wildman–Crippen MR) is 74.1 cm³/mol. The summed E-state index contributed by atoms with van der Waals surface area (Å²) in [4.78, 5) is 5.98. The Balaban J connectivity index is 1.83. The average Bonchev–Trinajstić information content (AvgIpc) is 2.74. The molecule has 0 atom stereocenters. The summed E-state index contributed by atoms with van der Waals surface area (Å²) in [5, 5.41) is 4.66. The van der Waals surface area contributed by atoms with E-state index in [0.29, 0.717) is 0 Å². The molecule has 2 N–H and O–H groups in total. The van der Waals surface area contributed by atoms with Crippen LogP contribution in [0.25, 0.3) is 10.9 Å². The Morgan fingerprint density at radius 1 is 1.24 bits per heavy atom. The van der Waals surface area contributed by atoms with Gasteiger partial charge in [-0.2, -0.15) is 0 Å². The Labute approximate surface area is 109 Å². The van der Waals surface area contributed by atoms with Gasteiger partial charge in [0.2, 0.25) is 0 Å². The maximum absolute atomic E-state index is 3.58. The molecular formula is C13H16BrN3. The monoisotopic (exact) mass is 293 g/mol. The van der Waals surface area contributed by atoms with Crippen LogP contribution in [0.15, 0.2) is 28.7 Å². The molecule has 3 nitrogen and oxygen atoms in total. The van der Waals surface area contributed by atoms with Crippen LogP contribution in [0.3, 0.4) is 0 Å². The quantitative estimate of drug-likeness (QED) is 0.890. The maximum Gasteiger partial charge on any atom is 0.0600 e. The van der Waals surface area contributed by atoms with Crippen molar-refractivity contribution in [3.05, 3.63) is 34.4 Å². The van der Waals surface area contributed by atoms with Crippen LogP contribution in [0, 0.1) is 0 Å². The summed E-state index contributed by atoms with van der Waals surface area (Å²) < 4.78 is 1.14. The van der Waals surface area contributed by atoms with Gasteiger partial charge in [-0.15, -0.1) is 0 Å². The molecule has 0 spiro atoms. The van der Waals surface area contributed by atoms with Crippen molar-refractivity contribution in [3.8, 4) is 0 Å². The first-order valence-corrected chi connectivity index (χ1v) is 6.81. The zero-order valence-corrected chi connectivity index (χ0v) is 11.3. The lowest BCUT2D eigenvalue weighted by atomic mass is 10.2. The van der Waals surface area contributed by atoms with E-state index in [9.17, 15) is 0 Å². The molecule has 0 saturated carbocycles. The highest BCUT2D eigenvalue weighted by Gasteiger charge is 2.11. The normalized spacial score (nSPS) is 17.7. The Bertz CT molecular complexity index is 514. The molecule has 2 aromatic rings. The van der Waals surface area contributed by atoms with Crippen LogP contribution in [-0.4, -0.2) is 36.1 Å². The minimum absolute atomic E-state index is 1.02. The van der Waals surface area contributed by atoms with Gasteiger partial charge in [0.15, 0.2) is 0 Å². The lowest BCUT2D eigenvalue weighted by Gasteiger charge is -2.26. The minimum atomic E-state index is 1.02. The standard InChI is InChI=1S/C13H16BrN3/c14-12-3-1-2-10-8-11(16-13(10)12)9-17-6-4-15-5-7-17/h1-3,8,15-16H,4-7,9H2. The molecule has 0 radical (unpaired) electrons. The number of para-hydroxylation sites is 1. The summed E-state index contributed by atoms with van der Waals surface area (Å²) in [6, 6.07) is 8.56. The summed E-state index contributed by atoms with van der Waals surface area (Å²) in [6.45, 7) is 5.49. The van der Waals surface area contributed by atoms with Crippen molar-refractivity contribution in [2.24, 2.45) is 0 Å². The van der Waals surface area contributed by atoms with Gasteiger partial charge in [0.05, 0.1) is 5.52 Å². The summed E-state index contributed by atoms with van der Waals surface area (Å²) in [7, 11) is 0. The van der Waals surface area contributed by atoms with E-state index in [0.717, 1.165) is 37.2 Å². The third-order valence-corrected chi connectivity index (χ3v) is 3.93. The molecule has 17 heavy (non-hydrogen) atoms. The first-order chi connectivity index (χ1) is 8.33. The zero-order chi connectivity index (χ0) is 11.7. The van der Waals surface area contributed by atoms with Gasteiger partial charge in [0, 0.05) is 48.3 Å². The molecule has 1 aliphatic rings. The van der Waals surface area contributed by atoms with Crippen LogP contribution >= 0.6 is 15.9 Å². The number of piperazine rings is 1. The van der Waals surface area contributed by atoms with Crippen molar-refractivity contribution < 1.29 is 0 Å². The first-order valence-electron chi connectivity index (χ1n) is 6.02. The Morgan fingerprint density at radius 2 is 2.06 bits per heavy atom. The molecule has 1 aromatic heterocycles. The lowest BCUT2D eigenvalue weighted by molar-refractivity contribution is 0.231. The number of benzene rings is 1. The van der Waals surface area contributed by atoms with E-state index < -0.39 is 0 Å². The molecule has 0 aliphatic carbocycles. The second kappa shape index (κ2) is 4.80. The van der Waals surface area contributed by atoms with Crippen molar-refractivity contribution in [1.29, 1.82) is 0 Å². The van der Waals surface area contributed by atoms with Crippen molar-refractivity contribution >= 4 is 26.8 Å². The Hall–Kier alpha value is -0.840. The first kappa shape index (κ1) is 11.3. The highest BCUT2D eigenvalue weighted by atomic mass is 79.9. The lowest BCUT2D eigenvalue weighted by Crippen LogP contribution is -2.42. The van der Waals surface area contributed by atoms with Crippen LogP contribution in [0.1, 0.15) is 5.69 Å². The highest BCUT2D eigenvalue weighted by Crippen LogP contribution is 2.24. The maximum atomic E-state index is 3.58. The second-order valence-corrected chi connectivity index (χ2v) is 5.38. The van der Waals surface area contributed by atoms with Gasteiger partial charge in [0.1, 0.15) is 0 Å². The molecule has 1 aliphatic heterocycles. The van der Waals surface area contributed by atoms with E-state index in [1.807, 2.05) is 0 Å². The van der Waals surface area contributed by atoms with E-state index in [4.69, 9.17) is 0 Å². The summed E-state index contributed by atoms with van der Waals surface area (Å²) >= 11 is 3.58. The molecule has 90 valence electrons.